The van der Waals surface area contributed by atoms with E-state index in [0.717, 1.165) is 16.3 Å². The number of nitrogens with zero attached hydrogens (tertiary/aromatic N) is 2. The number of rotatable bonds is 9. The molecule has 0 radical (unpaired) electrons. The molecule has 1 aliphatic rings. The summed E-state index contributed by atoms with van der Waals surface area (Å²) in [6.07, 6.45) is 0.406. The van der Waals surface area contributed by atoms with Gasteiger partial charge in [0, 0.05) is 32.1 Å². The van der Waals surface area contributed by atoms with E-state index >= 15 is 0 Å². The first-order valence-corrected chi connectivity index (χ1v) is 14.4. The van der Waals surface area contributed by atoms with Crippen molar-refractivity contribution in [2.45, 2.75) is 70.7 Å². The van der Waals surface area contributed by atoms with Gasteiger partial charge in [-0.3, -0.25) is 14.5 Å². The molecule has 3 aromatic rings. The van der Waals surface area contributed by atoms with Crippen LogP contribution in [0.1, 0.15) is 45.2 Å². The van der Waals surface area contributed by atoms with Crippen LogP contribution in [0.2, 0.25) is 0 Å². The zero-order valence-corrected chi connectivity index (χ0v) is 24.7. The highest BCUT2D eigenvalue weighted by Gasteiger charge is 2.38. The van der Waals surface area contributed by atoms with Gasteiger partial charge in [0.2, 0.25) is 5.91 Å². The largest absolute Gasteiger partial charge is 0.480 e. The average molecular weight is 578 g/mol. The third kappa shape index (κ3) is 8.06. The van der Waals surface area contributed by atoms with Crippen LogP contribution in [-0.4, -0.2) is 76.2 Å². The molecule has 2 N–H and O–H groups in total. The minimum Gasteiger partial charge on any atom is -0.480 e. The van der Waals surface area contributed by atoms with Crippen LogP contribution in [0.5, 0.6) is 0 Å². The number of carbonyl (C=O) groups is 3. The number of carboxylic acid groups (broad SMARTS) is 1. The van der Waals surface area contributed by atoms with Crippen molar-refractivity contribution in [2.75, 3.05) is 19.6 Å². The number of carbonyl (C=O) groups excluding carboxylic acids is 2. The fraction of sp³-hybridized carbons (Fsp3) is 0.424. The van der Waals surface area contributed by atoms with Gasteiger partial charge in [-0.25, -0.2) is 9.18 Å². The molecule has 9 heteroatoms. The SMILES string of the molecule is CC[C@H]1CN([C@@H](Cc2ccc3ccccc3c2)C(=O)O)CCN1C(=O)[C@@H](Cc1ccc(F)cc1)NC(=O)OC(C)(C)C. The fourth-order valence-corrected chi connectivity index (χ4v) is 5.47. The molecule has 0 spiro atoms. The highest BCUT2D eigenvalue weighted by molar-refractivity contribution is 5.86. The summed E-state index contributed by atoms with van der Waals surface area (Å²) in [4.78, 5) is 42.7. The molecule has 3 aromatic carbocycles. The van der Waals surface area contributed by atoms with E-state index in [9.17, 15) is 23.9 Å². The number of halogens is 1. The molecule has 0 saturated carbocycles. The van der Waals surface area contributed by atoms with Gasteiger partial charge in [-0.2, -0.15) is 0 Å². The summed E-state index contributed by atoms with van der Waals surface area (Å²) in [5.41, 5.74) is 0.884. The van der Waals surface area contributed by atoms with E-state index in [0.29, 0.717) is 38.0 Å². The topological polar surface area (TPSA) is 99.2 Å². The monoisotopic (exact) mass is 577 g/mol. The first kappa shape index (κ1) is 31.0. The number of alkyl carbamates (subject to hydrolysis) is 1. The van der Waals surface area contributed by atoms with Crippen LogP contribution in [0, 0.1) is 5.82 Å². The summed E-state index contributed by atoms with van der Waals surface area (Å²) >= 11 is 0. The number of benzene rings is 3. The second-order valence-electron chi connectivity index (χ2n) is 11.9. The Morgan fingerprint density at radius 2 is 1.64 bits per heavy atom. The van der Waals surface area contributed by atoms with Crippen LogP contribution >= 0.6 is 0 Å². The molecule has 0 bridgehead atoms. The van der Waals surface area contributed by atoms with Crippen molar-refractivity contribution in [3.05, 3.63) is 83.7 Å². The standard InChI is InChI=1S/C33H40FN3O5/c1-5-27-21-36(29(31(39)40)20-23-10-13-24-8-6-7-9-25(24)18-23)16-17-37(27)30(38)28(35-32(41)42-33(2,3)4)19-22-11-14-26(34)15-12-22/h6-15,18,27-29H,5,16-17,19-21H2,1-4H3,(H,35,41)(H,39,40)/t27-,28+,29-/m0/s1. The number of hydrogen-bond donors (Lipinski definition) is 2. The highest BCUT2D eigenvalue weighted by Crippen LogP contribution is 2.22. The first-order chi connectivity index (χ1) is 19.9. The predicted molar refractivity (Wildman–Crippen MR) is 160 cm³/mol. The fourth-order valence-electron chi connectivity index (χ4n) is 5.47. The summed E-state index contributed by atoms with van der Waals surface area (Å²) in [6, 6.07) is 17.9. The minimum absolute atomic E-state index is 0.161. The van der Waals surface area contributed by atoms with Crippen LogP contribution in [0.3, 0.4) is 0 Å². The average Bonchev–Trinajstić information content (AvgIpc) is 2.94. The van der Waals surface area contributed by atoms with E-state index in [4.69, 9.17) is 4.74 Å². The van der Waals surface area contributed by atoms with Crippen LogP contribution in [0.25, 0.3) is 10.8 Å². The first-order valence-electron chi connectivity index (χ1n) is 14.4. The van der Waals surface area contributed by atoms with Crippen molar-refractivity contribution in [1.29, 1.82) is 0 Å². The van der Waals surface area contributed by atoms with Crippen LogP contribution in [-0.2, 0) is 27.2 Å². The van der Waals surface area contributed by atoms with Gasteiger partial charge in [-0.15, -0.1) is 0 Å². The Labute approximate surface area is 246 Å². The van der Waals surface area contributed by atoms with Gasteiger partial charge >= 0.3 is 12.1 Å². The zero-order valence-electron chi connectivity index (χ0n) is 24.7. The summed E-state index contributed by atoms with van der Waals surface area (Å²) in [5, 5.41) is 15.1. The van der Waals surface area contributed by atoms with Crippen molar-refractivity contribution in [3.8, 4) is 0 Å². The van der Waals surface area contributed by atoms with E-state index in [1.54, 1.807) is 37.8 Å². The molecule has 0 aromatic heterocycles. The normalized spacial score (nSPS) is 17.5. The molecule has 1 heterocycles. The van der Waals surface area contributed by atoms with Crippen LogP contribution in [0.15, 0.2) is 66.7 Å². The second-order valence-corrected chi connectivity index (χ2v) is 11.9. The number of amides is 2. The number of carboxylic acids is 1. The van der Waals surface area contributed by atoms with Crippen molar-refractivity contribution < 1.29 is 28.6 Å². The number of piperazine rings is 1. The lowest BCUT2D eigenvalue weighted by Crippen LogP contribution is -2.62. The van der Waals surface area contributed by atoms with Gasteiger partial charge in [0.05, 0.1) is 0 Å². The number of fused-ring (bicyclic) bond motifs is 1. The molecule has 3 atom stereocenters. The maximum Gasteiger partial charge on any atom is 0.408 e. The zero-order chi connectivity index (χ0) is 30.4. The van der Waals surface area contributed by atoms with E-state index in [2.05, 4.69) is 5.32 Å². The summed E-state index contributed by atoms with van der Waals surface area (Å²) in [6.45, 7) is 8.27. The number of aliphatic carboxylic acids is 1. The summed E-state index contributed by atoms with van der Waals surface area (Å²) < 4.78 is 18.9. The highest BCUT2D eigenvalue weighted by atomic mass is 19.1. The van der Waals surface area contributed by atoms with E-state index < -0.39 is 29.7 Å². The maximum absolute atomic E-state index is 13.9. The Morgan fingerprint density at radius 1 is 0.976 bits per heavy atom. The third-order valence-corrected chi connectivity index (χ3v) is 7.58. The molecule has 224 valence electrons. The van der Waals surface area contributed by atoms with Gasteiger partial charge in [0.15, 0.2) is 0 Å². The lowest BCUT2D eigenvalue weighted by molar-refractivity contribution is -0.146. The van der Waals surface area contributed by atoms with Crippen molar-refractivity contribution in [1.82, 2.24) is 15.1 Å². The number of nitrogens with one attached hydrogen (secondary N) is 1. The Balaban J connectivity index is 1.50. The quantitative estimate of drug-likeness (QED) is 0.370. The lowest BCUT2D eigenvalue weighted by atomic mass is 9.98. The smallest absolute Gasteiger partial charge is 0.408 e. The number of ether oxygens (including phenoxy) is 1. The number of hydrogen-bond acceptors (Lipinski definition) is 5. The Bertz CT molecular complexity index is 1400. The molecule has 1 fully saturated rings. The Morgan fingerprint density at radius 3 is 2.29 bits per heavy atom. The van der Waals surface area contributed by atoms with E-state index in [1.807, 2.05) is 54.3 Å². The molecule has 1 aliphatic heterocycles. The second kappa shape index (κ2) is 13.3. The molecular weight excluding hydrogens is 537 g/mol. The molecule has 42 heavy (non-hydrogen) atoms. The Kier molecular flexibility index (Phi) is 9.83. The molecule has 8 nitrogen and oxygen atoms in total. The van der Waals surface area contributed by atoms with Gasteiger partial charge in [0.1, 0.15) is 23.5 Å². The van der Waals surface area contributed by atoms with Crippen molar-refractivity contribution in [2.24, 2.45) is 0 Å². The van der Waals surface area contributed by atoms with Gasteiger partial charge < -0.3 is 20.1 Å². The van der Waals surface area contributed by atoms with Crippen LogP contribution in [0.4, 0.5) is 9.18 Å². The van der Waals surface area contributed by atoms with E-state index in [-0.39, 0.29) is 24.2 Å². The predicted octanol–water partition coefficient (Wildman–Crippen LogP) is 5.03. The van der Waals surface area contributed by atoms with Gasteiger partial charge in [-0.05, 0) is 67.6 Å². The molecule has 0 aliphatic carbocycles. The maximum atomic E-state index is 13.9. The third-order valence-electron chi connectivity index (χ3n) is 7.58. The summed E-state index contributed by atoms with van der Waals surface area (Å²) in [7, 11) is 0. The van der Waals surface area contributed by atoms with Gasteiger partial charge in [-0.1, -0.05) is 61.5 Å². The van der Waals surface area contributed by atoms with E-state index in [1.165, 1.54) is 12.1 Å². The van der Waals surface area contributed by atoms with Crippen molar-refractivity contribution >= 4 is 28.7 Å². The lowest BCUT2D eigenvalue weighted by Gasteiger charge is -2.44. The molecule has 4 rings (SSSR count). The summed E-state index contributed by atoms with van der Waals surface area (Å²) in [5.74, 6) is -1.57. The molecular formula is C33H40FN3O5. The Hall–Kier alpha value is -3.98. The molecule has 0 unspecified atom stereocenters. The van der Waals surface area contributed by atoms with Crippen LogP contribution < -0.4 is 5.32 Å². The molecule has 1 saturated heterocycles. The van der Waals surface area contributed by atoms with Crippen molar-refractivity contribution in [3.63, 3.8) is 0 Å². The van der Waals surface area contributed by atoms with Gasteiger partial charge in [0.25, 0.3) is 0 Å². The minimum atomic E-state index is -0.932. The molecule has 2 amide bonds.